The maximum Gasteiger partial charge on any atom is 0.226 e. The molecule has 3 N–H and O–H groups in total. The molecule has 4 aromatic rings. The van der Waals surface area contributed by atoms with E-state index in [1.165, 1.54) is 0 Å². The summed E-state index contributed by atoms with van der Waals surface area (Å²) in [4.78, 5) is 15.7. The van der Waals surface area contributed by atoms with Crippen LogP contribution < -0.4 is 5.43 Å². The number of fused-ring (bicyclic) bond motifs is 1. The van der Waals surface area contributed by atoms with Gasteiger partial charge in [0.2, 0.25) is 11.5 Å². The Balaban J connectivity index is 1.56. The molecule has 0 atom stereocenters. The second-order valence-corrected chi connectivity index (χ2v) is 5.79. The standard InChI is InChI=1S/C20H14N6O/c21-11-18(20(27)15-12-22-16-9-5-4-8-14(15)16)24-26-19-10-17(23-25-19)13-6-2-1-3-7-13/h1-10,12,22H,(H2,23,25,26)/b24-18+. The van der Waals surface area contributed by atoms with Crippen LogP contribution in [0.3, 0.4) is 0 Å². The molecule has 0 bridgehead atoms. The van der Waals surface area contributed by atoms with Crippen LogP contribution in [0.1, 0.15) is 10.4 Å². The van der Waals surface area contributed by atoms with E-state index in [-0.39, 0.29) is 5.71 Å². The monoisotopic (exact) mass is 354 g/mol. The maximum atomic E-state index is 12.7. The van der Waals surface area contributed by atoms with Gasteiger partial charge in [-0.2, -0.15) is 15.5 Å². The quantitative estimate of drug-likeness (QED) is 0.288. The molecule has 0 radical (unpaired) electrons. The van der Waals surface area contributed by atoms with E-state index in [0.717, 1.165) is 22.2 Å². The number of aromatic amines is 2. The van der Waals surface area contributed by atoms with Crippen LogP contribution >= 0.6 is 0 Å². The Bertz CT molecular complexity index is 1180. The maximum absolute atomic E-state index is 12.7. The number of aromatic nitrogens is 3. The lowest BCUT2D eigenvalue weighted by molar-refractivity contribution is 0.106. The molecule has 0 saturated carbocycles. The third kappa shape index (κ3) is 3.19. The molecule has 0 unspecified atom stereocenters. The molecule has 2 aromatic carbocycles. The zero-order chi connectivity index (χ0) is 18.6. The van der Waals surface area contributed by atoms with Gasteiger partial charge in [-0.15, -0.1) is 0 Å². The Kier molecular flexibility index (Phi) is 4.21. The van der Waals surface area contributed by atoms with E-state index in [9.17, 15) is 10.1 Å². The summed E-state index contributed by atoms with van der Waals surface area (Å²) in [7, 11) is 0. The van der Waals surface area contributed by atoms with Crippen molar-refractivity contribution in [3.63, 3.8) is 0 Å². The van der Waals surface area contributed by atoms with Gasteiger partial charge in [0.05, 0.1) is 11.3 Å². The number of ketones is 1. The number of carbonyl (C=O) groups is 1. The molecule has 0 aliphatic carbocycles. The van der Waals surface area contributed by atoms with Crippen LogP contribution in [0.15, 0.2) is 72.0 Å². The molecule has 0 aliphatic rings. The Hall–Kier alpha value is -4.18. The minimum Gasteiger partial charge on any atom is -0.360 e. The highest BCUT2D eigenvalue weighted by molar-refractivity contribution is 6.52. The van der Waals surface area contributed by atoms with E-state index >= 15 is 0 Å². The van der Waals surface area contributed by atoms with Gasteiger partial charge in [0, 0.05) is 23.2 Å². The van der Waals surface area contributed by atoms with Crippen LogP contribution in [-0.4, -0.2) is 26.7 Å². The largest absolute Gasteiger partial charge is 0.360 e. The summed E-state index contributed by atoms with van der Waals surface area (Å²) >= 11 is 0. The van der Waals surface area contributed by atoms with Gasteiger partial charge in [-0.1, -0.05) is 48.5 Å². The molecule has 2 heterocycles. The predicted molar refractivity (Wildman–Crippen MR) is 103 cm³/mol. The van der Waals surface area contributed by atoms with Crippen molar-refractivity contribution in [1.29, 1.82) is 5.26 Å². The average Bonchev–Trinajstić information content (AvgIpc) is 3.36. The van der Waals surface area contributed by atoms with E-state index in [0.29, 0.717) is 11.4 Å². The first-order chi connectivity index (χ1) is 13.3. The van der Waals surface area contributed by atoms with Crippen molar-refractivity contribution in [2.24, 2.45) is 5.10 Å². The molecule has 0 aliphatic heterocycles. The van der Waals surface area contributed by atoms with Crippen LogP contribution in [0.25, 0.3) is 22.2 Å². The number of benzene rings is 2. The minimum atomic E-state index is -0.457. The number of anilines is 1. The molecular formula is C20H14N6O. The number of para-hydroxylation sites is 1. The fraction of sp³-hybridized carbons (Fsp3) is 0. The van der Waals surface area contributed by atoms with Crippen LogP contribution in [0, 0.1) is 11.3 Å². The van der Waals surface area contributed by atoms with Gasteiger partial charge in [0.1, 0.15) is 6.07 Å². The number of hydrogen-bond donors (Lipinski definition) is 3. The summed E-state index contributed by atoms with van der Waals surface area (Å²) in [6.45, 7) is 0. The number of H-pyrrole nitrogens is 2. The van der Waals surface area contributed by atoms with E-state index in [1.54, 1.807) is 12.3 Å². The molecule has 2 aromatic heterocycles. The fourth-order valence-electron chi connectivity index (χ4n) is 2.77. The number of rotatable bonds is 5. The van der Waals surface area contributed by atoms with Crippen molar-refractivity contribution < 1.29 is 4.79 Å². The van der Waals surface area contributed by atoms with E-state index in [2.05, 4.69) is 25.7 Å². The number of Topliss-reactive ketones (excluding diaryl/α,β-unsaturated/α-hetero) is 1. The van der Waals surface area contributed by atoms with Crippen molar-refractivity contribution >= 4 is 28.2 Å². The van der Waals surface area contributed by atoms with Gasteiger partial charge >= 0.3 is 0 Å². The van der Waals surface area contributed by atoms with Crippen molar-refractivity contribution in [2.45, 2.75) is 0 Å². The molecule has 7 heteroatoms. The highest BCUT2D eigenvalue weighted by Gasteiger charge is 2.18. The molecular weight excluding hydrogens is 340 g/mol. The van der Waals surface area contributed by atoms with Crippen LogP contribution in [0.2, 0.25) is 0 Å². The van der Waals surface area contributed by atoms with Crippen LogP contribution in [0.5, 0.6) is 0 Å². The summed E-state index contributed by atoms with van der Waals surface area (Å²) in [5.41, 5.74) is 5.42. The molecule has 27 heavy (non-hydrogen) atoms. The predicted octanol–water partition coefficient (Wildman–Crippen LogP) is 3.73. The van der Waals surface area contributed by atoms with Gasteiger partial charge < -0.3 is 4.98 Å². The van der Waals surface area contributed by atoms with Gasteiger partial charge in [-0.05, 0) is 11.6 Å². The zero-order valence-electron chi connectivity index (χ0n) is 14.1. The molecule has 0 fully saturated rings. The molecule has 0 saturated heterocycles. The highest BCUT2D eigenvalue weighted by atomic mass is 16.1. The summed E-state index contributed by atoms with van der Waals surface area (Å²) < 4.78 is 0. The van der Waals surface area contributed by atoms with Gasteiger partial charge in [0.15, 0.2) is 5.82 Å². The Labute approximate surface area is 154 Å². The lowest BCUT2D eigenvalue weighted by atomic mass is 10.1. The number of nitrogens with zero attached hydrogens (tertiary/aromatic N) is 3. The third-order valence-corrected chi connectivity index (χ3v) is 4.10. The van der Waals surface area contributed by atoms with Crippen molar-refractivity contribution in [3.8, 4) is 17.3 Å². The number of hydrogen-bond acceptors (Lipinski definition) is 5. The SMILES string of the molecule is N#C/C(=N\Nc1cc(-c2ccccc2)[nH]n1)C(=O)c1c[nH]c2ccccc12. The average molecular weight is 354 g/mol. The lowest BCUT2D eigenvalue weighted by Gasteiger charge is -1.98. The Morgan fingerprint density at radius 1 is 1.11 bits per heavy atom. The smallest absolute Gasteiger partial charge is 0.226 e. The number of nitrogens with one attached hydrogen (secondary N) is 3. The first-order valence-electron chi connectivity index (χ1n) is 8.21. The van der Waals surface area contributed by atoms with E-state index in [1.807, 2.05) is 60.7 Å². The third-order valence-electron chi connectivity index (χ3n) is 4.10. The topological polar surface area (TPSA) is 110 Å². The van der Waals surface area contributed by atoms with Crippen molar-refractivity contribution in [1.82, 2.24) is 15.2 Å². The van der Waals surface area contributed by atoms with Crippen molar-refractivity contribution in [3.05, 3.63) is 72.4 Å². The number of nitriles is 1. The summed E-state index contributed by atoms with van der Waals surface area (Å²) in [5.74, 6) is -0.0467. The Morgan fingerprint density at radius 3 is 2.70 bits per heavy atom. The molecule has 4 rings (SSSR count). The van der Waals surface area contributed by atoms with Gasteiger partial charge in [0.25, 0.3) is 0 Å². The van der Waals surface area contributed by atoms with Crippen molar-refractivity contribution in [2.75, 3.05) is 5.43 Å². The number of hydrazone groups is 1. The first-order valence-corrected chi connectivity index (χ1v) is 8.21. The normalized spacial score (nSPS) is 11.3. The van der Waals surface area contributed by atoms with Gasteiger partial charge in [-0.25, -0.2) is 0 Å². The van der Waals surface area contributed by atoms with Crippen LogP contribution in [-0.2, 0) is 0 Å². The van der Waals surface area contributed by atoms with E-state index < -0.39 is 5.78 Å². The van der Waals surface area contributed by atoms with Gasteiger partial charge in [-0.3, -0.25) is 15.3 Å². The molecule has 0 spiro atoms. The molecule has 7 nitrogen and oxygen atoms in total. The first kappa shape index (κ1) is 16.3. The van der Waals surface area contributed by atoms with Crippen LogP contribution in [0.4, 0.5) is 5.82 Å². The second kappa shape index (κ2) is 6.98. The Morgan fingerprint density at radius 2 is 1.89 bits per heavy atom. The molecule has 0 amide bonds. The van der Waals surface area contributed by atoms with E-state index in [4.69, 9.17) is 0 Å². The molecule has 130 valence electrons. The second-order valence-electron chi connectivity index (χ2n) is 5.79. The minimum absolute atomic E-state index is 0.246. The lowest BCUT2D eigenvalue weighted by Crippen LogP contribution is -2.14. The summed E-state index contributed by atoms with van der Waals surface area (Å²) in [5, 5.41) is 21.0. The summed E-state index contributed by atoms with van der Waals surface area (Å²) in [6.07, 6.45) is 1.59. The summed E-state index contributed by atoms with van der Waals surface area (Å²) in [6, 6.07) is 20.7. The highest BCUT2D eigenvalue weighted by Crippen LogP contribution is 2.20. The fourth-order valence-corrected chi connectivity index (χ4v) is 2.77. The number of carbonyl (C=O) groups excluding carboxylic acids is 1. The zero-order valence-corrected chi connectivity index (χ0v) is 14.1.